The molecule has 0 atom stereocenters. The first-order valence-corrected chi connectivity index (χ1v) is 4.87. The highest BCUT2D eigenvalue weighted by molar-refractivity contribution is 4.94. The van der Waals surface area contributed by atoms with Gasteiger partial charge < -0.3 is 10.5 Å². The van der Waals surface area contributed by atoms with Crippen molar-refractivity contribution < 1.29 is 17.9 Å². The van der Waals surface area contributed by atoms with Crippen LogP contribution < -0.4 is 5.73 Å². The van der Waals surface area contributed by atoms with Crippen LogP contribution in [0.5, 0.6) is 0 Å². The van der Waals surface area contributed by atoms with E-state index >= 15 is 0 Å². The molecule has 1 fully saturated rings. The molecule has 0 aromatic heterocycles. The fourth-order valence-electron chi connectivity index (χ4n) is 1.89. The number of rotatable bonds is 2. The molecule has 1 saturated carbocycles. The summed E-state index contributed by atoms with van der Waals surface area (Å²) in [4.78, 5) is 0. The van der Waals surface area contributed by atoms with Crippen LogP contribution in [0.15, 0.2) is 0 Å². The molecule has 0 aliphatic heterocycles. The SMILES string of the molecule is CCOC1(C(F)(F)F)CCC(N)CC1. The summed E-state index contributed by atoms with van der Waals surface area (Å²) >= 11 is 0. The summed E-state index contributed by atoms with van der Waals surface area (Å²) in [6.45, 7) is 1.68. The molecule has 2 nitrogen and oxygen atoms in total. The standard InChI is InChI=1S/C9H16F3NO/c1-2-14-8(9(10,11)12)5-3-7(13)4-6-8/h7H,2-6,13H2,1H3. The van der Waals surface area contributed by atoms with Crippen LogP contribution in [0.4, 0.5) is 13.2 Å². The van der Waals surface area contributed by atoms with Crippen LogP contribution in [-0.4, -0.2) is 24.4 Å². The van der Waals surface area contributed by atoms with Gasteiger partial charge in [-0.2, -0.15) is 13.2 Å². The van der Waals surface area contributed by atoms with Crippen molar-refractivity contribution in [2.75, 3.05) is 6.61 Å². The van der Waals surface area contributed by atoms with E-state index < -0.39 is 11.8 Å². The van der Waals surface area contributed by atoms with Crippen molar-refractivity contribution in [2.45, 2.75) is 50.4 Å². The van der Waals surface area contributed by atoms with Gasteiger partial charge in [-0.3, -0.25) is 0 Å². The molecule has 0 aromatic rings. The van der Waals surface area contributed by atoms with Crippen molar-refractivity contribution >= 4 is 0 Å². The lowest BCUT2D eigenvalue weighted by atomic mass is 9.81. The van der Waals surface area contributed by atoms with Gasteiger partial charge in [0.2, 0.25) is 0 Å². The third-order valence-electron chi connectivity index (χ3n) is 2.78. The minimum atomic E-state index is -4.27. The second-order valence-electron chi connectivity index (χ2n) is 3.76. The summed E-state index contributed by atoms with van der Waals surface area (Å²) in [5.74, 6) is 0. The van der Waals surface area contributed by atoms with E-state index in [0.29, 0.717) is 12.8 Å². The second-order valence-corrected chi connectivity index (χ2v) is 3.76. The van der Waals surface area contributed by atoms with Crippen molar-refractivity contribution in [3.05, 3.63) is 0 Å². The van der Waals surface area contributed by atoms with E-state index in [-0.39, 0.29) is 25.5 Å². The Morgan fingerprint density at radius 3 is 2.21 bits per heavy atom. The van der Waals surface area contributed by atoms with Gasteiger partial charge >= 0.3 is 6.18 Å². The number of hydrogen-bond donors (Lipinski definition) is 1. The molecule has 0 aromatic carbocycles. The van der Waals surface area contributed by atoms with Crippen LogP contribution in [0.2, 0.25) is 0 Å². The number of nitrogens with two attached hydrogens (primary N) is 1. The average molecular weight is 211 g/mol. The molecule has 0 unspecified atom stereocenters. The van der Waals surface area contributed by atoms with Crippen molar-refractivity contribution in [3.8, 4) is 0 Å². The van der Waals surface area contributed by atoms with Crippen LogP contribution in [0.25, 0.3) is 0 Å². The second kappa shape index (κ2) is 4.06. The molecule has 2 N–H and O–H groups in total. The Balaban J connectivity index is 2.73. The molecule has 5 heteroatoms. The first-order valence-electron chi connectivity index (χ1n) is 4.87. The quantitative estimate of drug-likeness (QED) is 0.760. The van der Waals surface area contributed by atoms with Gasteiger partial charge in [0.25, 0.3) is 0 Å². The zero-order chi connectivity index (χ0) is 10.8. The Kier molecular flexibility index (Phi) is 3.42. The summed E-state index contributed by atoms with van der Waals surface area (Å²) < 4.78 is 43.1. The minimum absolute atomic E-state index is 0.00843. The third kappa shape index (κ3) is 2.20. The Morgan fingerprint density at radius 1 is 1.36 bits per heavy atom. The molecule has 1 rings (SSSR count). The summed E-state index contributed by atoms with van der Waals surface area (Å²) in [6.07, 6.45) is -3.51. The number of ether oxygens (including phenoxy) is 1. The van der Waals surface area contributed by atoms with Gasteiger partial charge in [0.1, 0.15) is 0 Å². The van der Waals surface area contributed by atoms with Crippen LogP contribution in [-0.2, 0) is 4.74 Å². The smallest absolute Gasteiger partial charge is 0.366 e. The molecular formula is C9H16F3NO. The fraction of sp³-hybridized carbons (Fsp3) is 1.00. The van der Waals surface area contributed by atoms with Crippen molar-refractivity contribution in [1.29, 1.82) is 0 Å². The summed E-state index contributed by atoms with van der Waals surface area (Å²) in [6, 6.07) is -0.106. The Labute approximate surface area is 81.6 Å². The van der Waals surface area contributed by atoms with E-state index in [1.807, 2.05) is 0 Å². The molecule has 0 amide bonds. The Morgan fingerprint density at radius 2 is 1.86 bits per heavy atom. The first kappa shape index (κ1) is 11.8. The summed E-state index contributed by atoms with van der Waals surface area (Å²) in [5.41, 5.74) is 3.64. The van der Waals surface area contributed by atoms with Gasteiger partial charge in [-0.25, -0.2) is 0 Å². The van der Waals surface area contributed by atoms with Crippen molar-refractivity contribution in [1.82, 2.24) is 0 Å². The average Bonchev–Trinajstić information content (AvgIpc) is 2.07. The van der Waals surface area contributed by atoms with Gasteiger partial charge in [-0.05, 0) is 32.6 Å². The third-order valence-corrected chi connectivity index (χ3v) is 2.78. The van der Waals surface area contributed by atoms with E-state index in [4.69, 9.17) is 10.5 Å². The first-order chi connectivity index (χ1) is 6.41. The van der Waals surface area contributed by atoms with Crippen LogP contribution in [0.1, 0.15) is 32.6 Å². The normalized spacial score (nSPS) is 34.5. The van der Waals surface area contributed by atoms with Gasteiger partial charge in [0.05, 0.1) is 0 Å². The Hall–Kier alpha value is -0.290. The molecule has 0 saturated heterocycles. The predicted octanol–water partition coefficient (Wildman–Crippen LogP) is 2.23. The number of hydrogen-bond acceptors (Lipinski definition) is 2. The van der Waals surface area contributed by atoms with Gasteiger partial charge in [-0.1, -0.05) is 0 Å². The van der Waals surface area contributed by atoms with E-state index in [1.54, 1.807) is 6.92 Å². The van der Waals surface area contributed by atoms with Crippen LogP contribution >= 0.6 is 0 Å². The largest absolute Gasteiger partial charge is 0.417 e. The molecule has 14 heavy (non-hydrogen) atoms. The van der Waals surface area contributed by atoms with Crippen LogP contribution in [0.3, 0.4) is 0 Å². The lowest BCUT2D eigenvalue weighted by Gasteiger charge is -2.40. The van der Waals surface area contributed by atoms with E-state index in [0.717, 1.165) is 0 Å². The van der Waals surface area contributed by atoms with Gasteiger partial charge in [0, 0.05) is 12.6 Å². The van der Waals surface area contributed by atoms with E-state index in [9.17, 15) is 13.2 Å². The van der Waals surface area contributed by atoms with Crippen molar-refractivity contribution in [3.63, 3.8) is 0 Å². The molecule has 0 spiro atoms. The van der Waals surface area contributed by atoms with E-state index in [1.165, 1.54) is 0 Å². The maximum absolute atomic E-state index is 12.7. The molecule has 0 radical (unpaired) electrons. The molecule has 1 aliphatic rings. The monoisotopic (exact) mass is 211 g/mol. The molecule has 1 aliphatic carbocycles. The maximum atomic E-state index is 12.7. The topological polar surface area (TPSA) is 35.2 Å². The van der Waals surface area contributed by atoms with Gasteiger partial charge in [-0.15, -0.1) is 0 Å². The predicted molar refractivity (Wildman–Crippen MR) is 46.9 cm³/mol. The zero-order valence-corrected chi connectivity index (χ0v) is 8.23. The lowest BCUT2D eigenvalue weighted by molar-refractivity contribution is -0.287. The fourth-order valence-corrected chi connectivity index (χ4v) is 1.89. The summed E-state index contributed by atoms with van der Waals surface area (Å²) in [7, 11) is 0. The molecule has 0 heterocycles. The number of halogens is 3. The number of alkyl halides is 3. The highest BCUT2D eigenvalue weighted by Gasteiger charge is 2.56. The molecule has 0 bridgehead atoms. The maximum Gasteiger partial charge on any atom is 0.417 e. The highest BCUT2D eigenvalue weighted by atomic mass is 19.4. The molecular weight excluding hydrogens is 195 g/mol. The lowest BCUT2D eigenvalue weighted by Crippen LogP contribution is -2.51. The minimum Gasteiger partial charge on any atom is -0.366 e. The summed E-state index contributed by atoms with van der Waals surface area (Å²) in [5, 5.41) is 0. The van der Waals surface area contributed by atoms with Gasteiger partial charge in [0.15, 0.2) is 5.60 Å². The Bertz CT molecular complexity index is 185. The van der Waals surface area contributed by atoms with Crippen LogP contribution in [0, 0.1) is 0 Å². The van der Waals surface area contributed by atoms with E-state index in [2.05, 4.69) is 0 Å². The highest BCUT2D eigenvalue weighted by Crippen LogP contribution is 2.43. The van der Waals surface area contributed by atoms with Crippen molar-refractivity contribution in [2.24, 2.45) is 5.73 Å². The zero-order valence-electron chi connectivity index (χ0n) is 8.23. The molecule has 84 valence electrons.